The second-order valence-corrected chi connectivity index (χ2v) is 7.89. The summed E-state index contributed by atoms with van der Waals surface area (Å²) in [5.74, 6) is 0.475. The van der Waals surface area contributed by atoms with E-state index in [0.29, 0.717) is 16.9 Å². The van der Waals surface area contributed by atoms with Crippen molar-refractivity contribution in [1.82, 2.24) is 0 Å². The van der Waals surface area contributed by atoms with E-state index in [4.69, 9.17) is 9.15 Å². The van der Waals surface area contributed by atoms with E-state index >= 15 is 0 Å². The predicted octanol–water partition coefficient (Wildman–Crippen LogP) is 5.40. The molecular formula is C26H22O4. The van der Waals surface area contributed by atoms with Crippen LogP contribution in [-0.4, -0.2) is 12.4 Å². The monoisotopic (exact) mass is 398 g/mol. The minimum Gasteiger partial charge on any atom is -0.485 e. The van der Waals surface area contributed by atoms with E-state index in [1.54, 1.807) is 0 Å². The van der Waals surface area contributed by atoms with Crippen molar-refractivity contribution in [1.29, 1.82) is 0 Å². The molecule has 0 spiro atoms. The second kappa shape index (κ2) is 7.45. The van der Waals surface area contributed by atoms with E-state index in [0.717, 1.165) is 58.5 Å². The Morgan fingerprint density at radius 2 is 1.73 bits per heavy atom. The highest BCUT2D eigenvalue weighted by Crippen LogP contribution is 2.32. The number of fused-ring (bicyclic) bond motifs is 4. The molecule has 1 heterocycles. The summed E-state index contributed by atoms with van der Waals surface area (Å²) < 4.78 is 11.5. The van der Waals surface area contributed by atoms with Crippen LogP contribution >= 0.6 is 0 Å². The maximum atomic E-state index is 12.7. The van der Waals surface area contributed by atoms with Crippen LogP contribution in [0.3, 0.4) is 0 Å². The Kier molecular flexibility index (Phi) is 4.62. The van der Waals surface area contributed by atoms with E-state index in [1.165, 1.54) is 0 Å². The molecule has 150 valence electrons. The molecule has 0 atom stereocenters. The Labute approximate surface area is 174 Å². The van der Waals surface area contributed by atoms with Gasteiger partial charge in [0.15, 0.2) is 12.4 Å². The predicted molar refractivity (Wildman–Crippen MR) is 118 cm³/mol. The highest BCUT2D eigenvalue weighted by atomic mass is 16.5. The van der Waals surface area contributed by atoms with Gasteiger partial charge in [0, 0.05) is 22.1 Å². The molecule has 0 radical (unpaired) electrons. The van der Waals surface area contributed by atoms with Crippen molar-refractivity contribution < 1.29 is 13.9 Å². The van der Waals surface area contributed by atoms with Crippen LogP contribution in [0.25, 0.3) is 21.7 Å². The molecule has 0 aliphatic heterocycles. The fourth-order valence-electron chi connectivity index (χ4n) is 4.37. The zero-order valence-electron chi connectivity index (χ0n) is 16.9. The molecule has 0 amide bonds. The van der Waals surface area contributed by atoms with Gasteiger partial charge in [-0.1, -0.05) is 36.4 Å². The number of benzene rings is 3. The summed E-state index contributed by atoms with van der Waals surface area (Å²) in [6.07, 6.45) is 3.80. The van der Waals surface area contributed by atoms with Gasteiger partial charge in [0.05, 0.1) is 0 Å². The van der Waals surface area contributed by atoms with Crippen LogP contribution in [0.15, 0.2) is 63.8 Å². The molecule has 0 bridgehead atoms. The van der Waals surface area contributed by atoms with Crippen molar-refractivity contribution in [3.63, 3.8) is 0 Å². The van der Waals surface area contributed by atoms with Crippen LogP contribution in [0.5, 0.6) is 5.75 Å². The van der Waals surface area contributed by atoms with Crippen LogP contribution in [0.1, 0.15) is 39.9 Å². The molecule has 0 saturated heterocycles. The van der Waals surface area contributed by atoms with Gasteiger partial charge >= 0.3 is 5.63 Å². The summed E-state index contributed by atoms with van der Waals surface area (Å²) in [5, 5.41) is 3.10. The third-order valence-electron chi connectivity index (χ3n) is 6.02. The van der Waals surface area contributed by atoms with Crippen LogP contribution in [0, 0.1) is 6.92 Å². The van der Waals surface area contributed by atoms with Gasteiger partial charge in [-0.25, -0.2) is 4.79 Å². The number of rotatable bonds is 4. The highest BCUT2D eigenvalue weighted by molar-refractivity contribution is 6.01. The Balaban J connectivity index is 1.43. The number of ether oxygens (including phenoxy) is 1. The third-order valence-corrected chi connectivity index (χ3v) is 6.02. The summed E-state index contributed by atoms with van der Waals surface area (Å²) >= 11 is 0. The molecule has 1 aromatic heterocycles. The molecule has 4 nitrogen and oxygen atoms in total. The first-order chi connectivity index (χ1) is 14.6. The van der Waals surface area contributed by atoms with Crippen molar-refractivity contribution in [2.75, 3.05) is 6.61 Å². The Morgan fingerprint density at radius 3 is 2.57 bits per heavy atom. The van der Waals surface area contributed by atoms with Crippen LogP contribution in [0.4, 0.5) is 0 Å². The zero-order valence-corrected chi connectivity index (χ0v) is 16.9. The lowest BCUT2D eigenvalue weighted by Crippen LogP contribution is -2.16. The zero-order chi connectivity index (χ0) is 20.7. The maximum Gasteiger partial charge on any atom is 0.339 e. The lowest BCUT2D eigenvalue weighted by molar-refractivity contribution is 0.0921. The summed E-state index contributed by atoms with van der Waals surface area (Å²) in [7, 11) is 0. The van der Waals surface area contributed by atoms with Gasteiger partial charge in [-0.15, -0.1) is 0 Å². The van der Waals surface area contributed by atoms with Gasteiger partial charge in [0.1, 0.15) is 11.3 Å². The van der Waals surface area contributed by atoms with Crippen molar-refractivity contribution in [3.05, 3.63) is 87.3 Å². The smallest absolute Gasteiger partial charge is 0.339 e. The second-order valence-electron chi connectivity index (χ2n) is 7.89. The van der Waals surface area contributed by atoms with Crippen molar-refractivity contribution in [2.24, 2.45) is 0 Å². The number of hydrogen-bond donors (Lipinski definition) is 0. The molecule has 1 aliphatic rings. The van der Waals surface area contributed by atoms with E-state index in [9.17, 15) is 9.59 Å². The number of ketones is 1. The minimum atomic E-state index is -0.246. The standard InChI is InChI=1S/C26H22O4/c1-16-24(13-12-21-20-8-4-5-9-22(20)26(28)30-25(16)21)29-15-23(27)19-11-10-17-6-2-3-7-18(17)14-19/h2-3,6-7,10-14H,4-5,8-9,15H2,1H3. The van der Waals surface area contributed by atoms with Crippen LogP contribution in [0.2, 0.25) is 0 Å². The highest BCUT2D eigenvalue weighted by Gasteiger charge is 2.20. The molecular weight excluding hydrogens is 376 g/mol. The minimum absolute atomic E-state index is 0.0696. The first kappa shape index (κ1) is 18.6. The van der Waals surface area contributed by atoms with E-state index < -0.39 is 0 Å². The molecule has 4 aromatic rings. The van der Waals surface area contributed by atoms with Crippen molar-refractivity contribution in [2.45, 2.75) is 32.6 Å². The molecule has 0 unspecified atom stereocenters. The number of hydrogen-bond acceptors (Lipinski definition) is 4. The fourth-order valence-corrected chi connectivity index (χ4v) is 4.37. The van der Waals surface area contributed by atoms with Crippen LogP contribution < -0.4 is 10.4 Å². The summed E-state index contributed by atoms with van der Waals surface area (Å²) in [4.78, 5) is 25.1. The fraction of sp³-hybridized carbons (Fsp3) is 0.231. The number of Topliss-reactive ketones (excluding diaryl/α,β-unsaturated/α-hetero) is 1. The van der Waals surface area contributed by atoms with Gasteiger partial charge in [-0.3, -0.25) is 4.79 Å². The number of carbonyl (C=O) groups is 1. The molecule has 30 heavy (non-hydrogen) atoms. The van der Waals surface area contributed by atoms with Crippen LogP contribution in [-0.2, 0) is 12.8 Å². The molecule has 0 saturated carbocycles. The molecule has 0 N–H and O–H groups in total. The quantitative estimate of drug-likeness (QED) is 0.341. The Hall–Kier alpha value is -3.40. The molecule has 3 aromatic carbocycles. The van der Waals surface area contributed by atoms with Gasteiger partial charge in [0.25, 0.3) is 0 Å². The third kappa shape index (κ3) is 3.18. The van der Waals surface area contributed by atoms with E-state index in [1.807, 2.05) is 61.5 Å². The maximum absolute atomic E-state index is 12.7. The van der Waals surface area contributed by atoms with Gasteiger partial charge in [0.2, 0.25) is 0 Å². The molecule has 4 heteroatoms. The summed E-state index contributed by atoms with van der Waals surface area (Å²) in [6.45, 7) is 1.80. The largest absolute Gasteiger partial charge is 0.485 e. The Morgan fingerprint density at radius 1 is 0.967 bits per heavy atom. The normalized spacial score (nSPS) is 13.4. The first-order valence-electron chi connectivity index (χ1n) is 10.3. The number of carbonyl (C=O) groups excluding carboxylic acids is 1. The Bertz CT molecular complexity index is 1350. The first-order valence-corrected chi connectivity index (χ1v) is 10.3. The molecule has 0 fully saturated rings. The lowest BCUT2D eigenvalue weighted by Gasteiger charge is -2.18. The van der Waals surface area contributed by atoms with Gasteiger partial charge < -0.3 is 9.15 Å². The van der Waals surface area contributed by atoms with Crippen molar-refractivity contribution >= 4 is 27.5 Å². The van der Waals surface area contributed by atoms with E-state index in [2.05, 4.69) is 0 Å². The average molecular weight is 398 g/mol. The van der Waals surface area contributed by atoms with Gasteiger partial charge in [-0.2, -0.15) is 0 Å². The summed E-state index contributed by atoms with van der Waals surface area (Å²) in [6, 6.07) is 17.4. The number of aryl methyl sites for hydroxylation is 2. The average Bonchev–Trinajstić information content (AvgIpc) is 2.79. The SMILES string of the molecule is Cc1c(OCC(=O)c2ccc3ccccc3c2)ccc2c3c(c(=O)oc12)CCCC3. The van der Waals surface area contributed by atoms with E-state index in [-0.39, 0.29) is 18.0 Å². The lowest BCUT2D eigenvalue weighted by atomic mass is 9.90. The molecule has 1 aliphatic carbocycles. The molecule has 5 rings (SSSR count). The summed E-state index contributed by atoms with van der Waals surface area (Å²) in [5.41, 5.74) is 3.61. The van der Waals surface area contributed by atoms with Gasteiger partial charge in [-0.05, 0) is 67.1 Å². The topological polar surface area (TPSA) is 56.5 Å². The van der Waals surface area contributed by atoms with Crippen molar-refractivity contribution in [3.8, 4) is 5.75 Å².